The molecule has 0 aliphatic carbocycles. The lowest BCUT2D eigenvalue weighted by atomic mass is 9.97. The predicted octanol–water partition coefficient (Wildman–Crippen LogP) is 5.96. The van der Waals surface area contributed by atoms with Gasteiger partial charge in [-0.15, -0.1) is 0 Å². The Bertz CT molecular complexity index is 1240. The van der Waals surface area contributed by atoms with Crippen LogP contribution in [0, 0.1) is 19.7 Å². The molecular formula is C28H27FN2O2. The van der Waals surface area contributed by atoms with Crippen molar-refractivity contribution in [3.05, 3.63) is 106 Å². The average molecular weight is 443 g/mol. The third-order valence-corrected chi connectivity index (χ3v) is 5.92. The molecule has 33 heavy (non-hydrogen) atoms. The van der Waals surface area contributed by atoms with Crippen molar-refractivity contribution < 1.29 is 14.0 Å². The monoisotopic (exact) mass is 442 g/mol. The summed E-state index contributed by atoms with van der Waals surface area (Å²) < 4.78 is 13.3. The lowest BCUT2D eigenvalue weighted by molar-refractivity contribution is -0.137. The first kappa shape index (κ1) is 22.5. The van der Waals surface area contributed by atoms with Crippen LogP contribution in [-0.2, 0) is 16.1 Å². The van der Waals surface area contributed by atoms with E-state index in [1.807, 2.05) is 56.3 Å². The molecule has 0 radical (unpaired) electrons. The Morgan fingerprint density at radius 3 is 2.15 bits per heavy atom. The minimum atomic E-state index is -0.396. The van der Waals surface area contributed by atoms with Gasteiger partial charge in [-0.3, -0.25) is 14.5 Å². The van der Waals surface area contributed by atoms with Crippen LogP contribution < -0.4 is 5.32 Å². The normalized spacial score (nSPS) is 13.9. The maximum absolute atomic E-state index is 13.5. The minimum Gasteiger partial charge on any atom is -0.350 e. The Morgan fingerprint density at radius 1 is 0.879 bits per heavy atom. The van der Waals surface area contributed by atoms with Gasteiger partial charge in [-0.05, 0) is 66.3 Å². The molecule has 3 aromatic carbocycles. The predicted molar refractivity (Wildman–Crippen MR) is 129 cm³/mol. The molecule has 168 valence electrons. The zero-order valence-corrected chi connectivity index (χ0v) is 19.3. The first-order valence-electron chi connectivity index (χ1n) is 11.0. The Labute approximate surface area is 193 Å². The molecule has 1 heterocycles. The summed E-state index contributed by atoms with van der Waals surface area (Å²) in [5.41, 5.74) is 5.94. The lowest BCUT2D eigenvalue weighted by Gasteiger charge is -2.16. The summed E-state index contributed by atoms with van der Waals surface area (Å²) in [4.78, 5) is 28.2. The molecule has 0 saturated carbocycles. The van der Waals surface area contributed by atoms with E-state index in [1.54, 1.807) is 12.1 Å². The van der Waals surface area contributed by atoms with Gasteiger partial charge in [0.05, 0.1) is 12.1 Å². The molecular weight excluding hydrogens is 415 g/mol. The number of imide groups is 1. The number of hydrogen-bond acceptors (Lipinski definition) is 3. The zero-order valence-electron chi connectivity index (χ0n) is 19.3. The molecule has 1 aliphatic rings. The van der Waals surface area contributed by atoms with Crippen molar-refractivity contribution in [2.75, 3.05) is 5.32 Å². The summed E-state index contributed by atoms with van der Waals surface area (Å²) in [5, 5.41) is 3.21. The van der Waals surface area contributed by atoms with Gasteiger partial charge in [0.15, 0.2) is 0 Å². The third kappa shape index (κ3) is 4.58. The summed E-state index contributed by atoms with van der Waals surface area (Å²) >= 11 is 0. The number of benzene rings is 3. The van der Waals surface area contributed by atoms with E-state index >= 15 is 0 Å². The highest BCUT2D eigenvalue weighted by Gasteiger charge is 2.39. The second-order valence-electron chi connectivity index (χ2n) is 8.79. The molecule has 5 heteroatoms. The number of halogens is 1. The van der Waals surface area contributed by atoms with Crippen molar-refractivity contribution >= 4 is 23.1 Å². The summed E-state index contributed by atoms with van der Waals surface area (Å²) in [7, 11) is 0. The van der Waals surface area contributed by atoms with Gasteiger partial charge >= 0.3 is 0 Å². The number of carbonyl (C=O) groups is 2. The van der Waals surface area contributed by atoms with Crippen LogP contribution in [0.1, 0.15) is 47.6 Å². The van der Waals surface area contributed by atoms with Gasteiger partial charge in [-0.25, -0.2) is 4.39 Å². The molecule has 1 aliphatic heterocycles. The van der Waals surface area contributed by atoms with Gasteiger partial charge in [0, 0.05) is 5.69 Å². The van der Waals surface area contributed by atoms with Crippen LogP contribution >= 0.6 is 0 Å². The standard InChI is InChI=1S/C28H27FN2O2/c1-17(2)21-8-12-23(13-9-21)30-26-25(24-14-5-18(3)15-19(24)4)27(32)31(28(26)33)16-20-6-10-22(29)11-7-20/h5-15,17,30H,16H2,1-4H3. The van der Waals surface area contributed by atoms with Crippen LogP contribution in [-0.4, -0.2) is 16.7 Å². The molecule has 1 N–H and O–H groups in total. The SMILES string of the molecule is Cc1ccc(C2=C(Nc3ccc(C(C)C)cc3)C(=O)N(Cc3ccc(F)cc3)C2=O)c(C)c1. The zero-order chi connectivity index (χ0) is 23.7. The van der Waals surface area contributed by atoms with Crippen molar-refractivity contribution in [1.29, 1.82) is 0 Å². The fourth-order valence-corrected chi connectivity index (χ4v) is 4.05. The van der Waals surface area contributed by atoms with Crippen molar-refractivity contribution in [2.45, 2.75) is 40.2 Å². The summed E-state index contributed by atoms with van der Waals surface area (Å²) in [6.07, 6.45) is 0. The van der Waals surface area contributed by atoms with E-state index in [1.165, 1.54) is 22.6 Å². The molecule has 0 unspecified atom stereocenters. The van der Waals surface area contributed by atoms with Crippen molar-refractivity contribution in [3.63, 3.8) is 0 Å². The van der Waals surface area contributed by atoms with E-state index in [9.17, 15) is 14.0 Å². The van der Waals surface area contributed by atoms with Crippen LogP contribution in [0.25, 0.3) is 5.57 Å². The van der Waals surface area contributed by atoms with E-state index in [-0.39, 0.29) is 24.0 Å². The number of carbonyl (C=O) groups excluding carboxylic acids is 2. The minimum absolute atomic E-state index is 0.0732. The quantitative estimate of drug-likeness (QED) is 0.479. The molecule has 0 saturated heterocycles. The van der Waals surface area contributed by atoms with E-state index in [0.29, 0.717) is 17.1 Å². The molecule has 0 aromatic heterocycles. The van der Waals surface area contributed by atoms with Crippen LogP contribution in [0.5, 0.6) is 0 Å². The number of nitrogens with zero attached hydrogens (tertiary/aromatic N) is 1. The van der Waals surface area contributed by atoms with Gasteiger partial charge in [0.25, 0.3) is 11.8 Å². The second-order valence-corrected chi connectivity index (χ2v) is 8.79. The molecule has 2 amide bonds. The van der Waals surface area contributed by atoms with E-state index < -0.39 is 5.91 Å². The molecule has 4 nitrogen and oxygen atoms in total. The Kier molecular flexibility index (Phi) is 6.14. The molecule has 3 aromatic rings. The smallest absolute Gasteiger partial charge is 0.278 e. The first-order chi connectivity index (χ1) is 15.7. The molecule has 0 bridgehead atoms. The van der Waals surface area contributed by atoms with Crippen LogP contribution in [0.15, 0.2) is 72.4 Å². The number of rotatable bonds is 6. The average Bonchev–Trinajstić information content (AvgIpc) is 3.00. The Hall–Kier alpha value is -3.73. The summed E-state index contributed by atoms with van der Waals surface area (Å²) in [6, 6.07) is 19.5. The highest BCUT2D eigenvalue weighted by atomic mass is 19.1. The molecule has 0 spiro atoms. The van der Waals surface area contributed by atoms with E-state index in [4.69, 9.17) is 0 Å². The van der Waals surface area contributed by atoms with Crippen LogP contribution in [0.2, 0.25) is 0 Å². The topological polar surface area (TPSA) is 49.4 Å². The number of aryl methyl sites for hydroxylation is 2. The third-order valence-electron chi connectivity index (χ3n) is 5.92. The first-order valence-corrected chi connectivity index (χ1v) is 11.0. The molecule has 4 rings (SSSR count). The van der Waals surface area contributed by atoms with E-state index in [0.717, 1.165) is 22.4 Å². The lowest BCUT2D eigenvalue weighted by Crippen LogP contribution is -2.32. The number of amides is 2. The Balaban J connectivity index is 1.74. The maximum atomic E-state index is 13.5. The highest BCUT2D eigenvalue weighted by molar-refractivity contribution is 6.36. The van der Waals surface area contributed by atoms with Gasteiger partial charge in [-0.2, -0.15) is 0 Å². The van der Waals surface area contributed by atoms with Gasteiger partial charge in [-0.1, -0.05) is 61.9 Å². The van der Waals surface area contributed by atoms with Crippen LogP contribution in [0.4, 0.5) is 10.1 Å². The van der Waals surface area contributed by atoms with Crippen molar-refractivity contribution in [3.8, 4) is 0 Å². The number of nitrogens with one attached hydrogen (secondary N) is 1. The van der Waals surface area contributed by atoms with Gasteiger partial charge in [0.1, 0.15) is 11.5 Å². The van der Waals surface area contributed by atoms with E-state index in [2.05, 4.69) is 19.2 Å². The molecule has 0 atom stereocenters. The highest BCUT2D eigenvalue weighted by Crippen LogP contribution is 2.33. The van der Waals surface area contributed by atoms with Gasteiger partial charge in [0.2, 0.25) is 0 Å². The van der Waals surface area contributed by atoms with Gasteiger partial charge < -0.3 is 5.32 Å². The number of anilines is 1. The van der Waals surface area contributed by atoms with Crippen LogP contribution in [0.3, 0.4) is 0 Å². The Morgan fingerprint density at radius 2 is 1.55 bits per heavy atom. The molecule has 0 fully saturated rings. The summed E-state index contributed by atoms with van der Waals surface area (Å²) in [5.74, 6) is -0.728. The maximum Gasteiger partial charge on any atom is 0.278 e. The van der Waals surface area contributed by atoms with Crippen molar-refractivity contribution in [1.82, 2.24) is 4.90 Å². The largest absolute Gasteiger partial charge is 0.350 e. The van der Waals surface area contributed by atoms with Crippen molar-refractivity contribution in [2.24, 2.45) is 0 Å². The fourth-order valence-electron chi connectivity index (χ4n) is 4.05. The fraction of sp³-hybridized carbons (Fsp3) is 0.214. The summed E-state index contributed by atoms with van der Waals surface area (Å²) in [6.45, 7) is 8.24. The second kappa shape index (κ2) is 9.02. The number of hydrogen-bond donors (Lipinski definition) is 1.